The summed E-state index contributed by atoms with van der Waals surface area (Å²) in [6, 6.07) is 8.85. The monoisotopic (exact) mass is 459 g/mol. The summed E-state index contributed by atoms with van der Waals surface area (Å²) in [5.41, 5.74) is 2.54. The Morgan fingerprint density at radius 1 is 1.00 bits per heavy atom. The second-order valence-electron chi connectivity index (χ2n) is 9.81. The molecule has 8 heteroatoms. The Balaban J connectivity index is 1.30. The quantitative estimate of drug-likeness (QED) is 0.560. The first kappa shape index (κ1) is 22.7. The molecule has 1 saturated heterocycles. The van der Waals surface area contributed by atoms with E-state index in [0.29, 0.717) is 17.9 Å². The summed E-state index contributed by atoms with van der Waals surface area (Å²) in [6.45, 7) is 6.72. The third kappa shape index (κ3) is 5.17. The predicted molar refractivity (Wildman–Crippen MR) is 135 cm³/mol. The first-order valence-electron chi connectivity index (χ1n) is 12.5. The molecule has 2 aliphatic rings. The highest BCUT2D eigenvalue weighted by molar-refractivity contribution is 5.94. The summed E-state index contributed by atoms with van der Waals surface area (Å²) in [6.07, 6.45) is 9.94. The number of hydrogen-bond acceptors (Lipinski definition) is 7. The average Bonchev–Trinajstić information content (AvgIpc) is 3.39. The lowest BCUT2D eigenvalue weighted by atomic mass is 10.0. The number of carbonyl (C=O) groups excluding carboxylic acids is 1. The van der Waals surface area contributed by atoms with Gasteiger partial charge in [0.15, 0.2) is 5.82 Å². The van der Waals surface area contributed by atoms with Gasteiger partial charge in [0.25, 0.3) is 0 Å². The molecule has 1 amide bonds. The van der Waals surface area contributed by atoms with Gasteiger partial charge in [-0.25, -0.2) is 4.98 Å². The number of piperidine rings is 1. The molecule has 0 bridgehead atoms. The van der Waals surface area contributed by atoms with Gasteiger partial charge in [-0.2, -0.15) is 0 Å². The van der Waals surface area contributed by atoms with Gasteiger partial charge in [0.2, 0.25) is 5.91 Å². The van der Waals surface area contributed by atoms with Crippen LogP contribution in [0, 0.1) is 5.92 Å². The van der Waals surface area contributed by atoms with E-state index in [2.05, 4.69) is 44.6 Å². The van der Waals surface area contributed by atoms with Crippen molar-refractivity contribution >= 4 is 28.4 Å². The van der Waals surface area contributed by atoms with E-state index in [9.17, 15) is 4.79 Å². The molecule has 8 nitrogen and oxygen atoms in total. The number of hydrogen-bond donors (Lipinski definition) is 2. The molecule has 178 valence electrons. The zero-order chi connectivity index (χ0) is 23.5. The lowest BCUT2D eigenvalue weighted by Crippen LogP contribution is -2.42. The van der Waals surface area contributed by atoms with Crippen LogP contribution in [0.15, 0.2) is 36.7 Å². The van der Waals surface area contributed by atoms with Crippen LogP contribution >= 0.6 is 0 Å². The lowest BCUT2D eigenvalue weighted by Gasteiger charge is -2.35. The van der Waals surface area contributed by atoms with Crippen LogP contribution in [0.25, 0.3) is 22.2 Å². The highest BCUT2D eigenvalue weighted by Gasteiger charge is 2.23. The maximum atomic E-state index is 12.5. The second-order valence-corrected chi connectivity index (χ2v) is 9.81. The zero-order valence-corrected chi connectivity index (χ0v) is 20.0. The summed E-state index contributed by atoms with van der Waals surface area (Å²) < 4.78 is 0. The van der Waals surface area contributed by atoms with Crippen molar-refractivity contribution < 1.29 is 4.79 Å². The number of anilines is 2. The first-order valence-corrected chi connectivity index (χ1v) is 12.5. The number of nitrogens with zero attached hydrogens (tertiary/aromatic N) is 5. The number of fused-ring (bicyclic) bond motifs is 1. The van der Waals surface area contributed by atoms with Crippen molar-refractivity contribution in [2.45, 2.75) is 64.5 Å². The van der Waals surface area contributed by atoms with Crippen LogP contribution in [-0.2, 0) is 4.79 Å². The molecule has 2 N–H and O–H groups in total. The molecule has 5 rings (SSSR count). The number of likely N-dealkylation sites (tertiary alicyclic amines) is 1. The maximum absolute atomic E-state index is 12.5. The van der Waals surface area contributed by atoms with Crippen LogP contribution in [0.4, 0.5) is 11.6 Å². The van der Waals surface area contributed by atoms with Crippen molar-refractivity contribution in [1.82, 2.24) is 25.1 Å². The fraction of sp³-hybridized carbons (Fsp3) is 0.500. The van der Waals surface area contributed by atoms with E-state index in [1.807, 2.05) is 24.3 Å². The Morgan fingerprint density at radius 2 is 1.79 bits per heavy atom. The molecule has 0 radical (unpaired) electrons. The van der Waals surface area contributed by atoms with Gasteiger partial charge < -0.3 is 15.5 Å². The Hall–Kier alpha value is -3.13. The van der Waals surface area contributed by atoms with E-state index < -0.39 is 0 Å². The van der Waals surface area contributed by atoms with Crippen molar-refractivity contribution in [3.05, 3.63) is 36.7 Å². The molecular formula is C26H33N7O. The lowest BCUT2D eigenvalue weighted by molar-refractivity contribution is -0.119. The van der Waals surface area contributed by atoms with Crippen molar-refractivity contribution in [1.29, 1.82) is 0 Å². The van der Waals surface area contributed by atoms with E-state index in [4.69, 9.17) is 4.98 Å². The van der Waals surface area contributed by atoms with Gasteiger partial charge in [-0.05, 0) is 57.7 Å². The molecule has 2 fully saturated rings. The SMILES string of the molecule is CC(C)N1CCC(Nc2cncc(-c3ccc4nnc(NC(=O)C5CCCC5)cc4c3)n2)CC1. The van der Waals surface area contributed by atoms with E-state index in [-0.39, 0.29) is 11.8 Å². The third-order valence-electron chi connectivity index (χ3n) is 7.10. The minimum absolute atomic E-state index is 0.0474. The van der Waals surface area contributed by atoms with Gasteiger partial charge in [-0.3, -0.25) is 9.78 Å². The fourth-order valence-corrected chi connectivity index (χ4v) is 5.03. The van der Waals surface area contributed by atoms with Gasteiger partial charge in [0.1, 0.15) is 5.82 Å². The van der Waals surface area contributed by atoms with Gasteiger partial charge in [-0.15, -0.1) is 10.2 Å². The molecule has 3 heterocycles. The molecule has 3 aromatic rings. The highest BCUT2D eigenvalue weighted by atomic mass is 16.2. The minimum atomic E-state index is 0.0474. The summed E-state index contributed by atoms with van der Waals surface area (Å²) >= 11 is 0. The van der Waals surface area contributed by atoms with Crippen LogP contribution in [-0.4, -0.2) is 56.1 Å². The van der Waals surface area contributed by atoms with E-state index >= 15 is 0 Å². The largest absolute Gasteiger partial charge is 0.366 e. The topological polar surface area (TPSA) is 95.9 Å². The van der Waals surface area contributed by atoms with Crippen molar-refractivity contribution in [3.8, 4) is 11.3 Å². The molecule has 0 spiro atoms. The Labute approximate surface area is 200 Å². The number of nitrogens with one attached hydrogen (secondary N) is 2. The molecule has 0 atom stereocenters. The molecular weight excluding hydrogens is 426 g/mol. The maximum Gasteiger partial charge on any atom is 0.228 e. The molecule has 2 aromatic heterocycles. The molecule has 34 heavy (non-hydrogen) atoms. The van der Waals surface area contributed by atoms with Crippen LogP contribution < -0.4 is 10.6 Å². The van der Waals surface area contributed by atoms with Gasteiger partial charge in [-0.1, -0.05) is 18.9 Å². The van der Waals surface area contributed by atoms with E-state index in [0.717, 1.165) is 79.6 Å². The molecule has 1 aliphatic heterocycles. The van der Waals surface area contributed by atoms with Gasteiger partial charge in [0.05, 0.1) is 23.6 Å². The smallest absolute Gasteiger partial charge is 0.228 e. The van der Waals surface area contributed by atoms with Gasteiger partial charge >= 0.3 is 0 Å². The van der Waals surface area contributed by atoms with Crippen LogP contribution in [0.2, 0.25) is 0 Å². The van der Waals surface area contributed by atoms with Crippen molar-refractivity contribution in [2.24, 2.45) is 5.92 Å². The van der Waals surface area contributed by atoms with E-state index in [1.165, 1.54) is 0 Å². The van der Waals surface area contributed by atoms with Crippen LogP contribution in [0.3, 0.4) is 0 Å². The highest BCUT2D eigenvalue weighted by Crippen LogP contribution is 2.27. The van der Waals surface area contributed by atoms with Gasteiger partial charge in [0, 0.05) is 42.0 Å². The predicted octanol–water partition coefficient (Wildman–Crippen LogP) is 4.50. The summed E-state index contributed by atoms with van der Waals surface area (Å²) in [4.78, 5) is 24.3. The summed E-state index contributed by atoms with van der Waals surface area (Å²) in [5.74, 6) is 1.44. The molecule has 1 saturated carbocycles. The van der Waals surface area contributed by atoms with Crippen LogP contribution in [0.5, 0.6) is 0 Å². The Morgan fingerprint density at radius 3 is 2.56 bits per heavy atom. The molecule has 1 aliphatic carbocycles. The summed E-state index contributed by atoms with van der Waals surface area (Å²) in [5, 5.41) is 15.9. The summed E-state index contributed by atoms with van der Waals surface area (Å²) in [7, 11) is 0. The second kappa shape index (κ2) is 10.0. The number of rotatable bonds is 6. The molecule has 0 unspecified atom stereocenters. The van der Waals surface area contributed by atoms with Crippen molar-refractivity contribution in [3.63, 3.8) is 0 Å². The van der Waals surface area contributed by atoms with Crippen molar-refractivity contribution in [2.75, 3.05) is 23.7 Å². The third-order valence-corrected chi connectivity index (χ3v) is 7.10. The number of benzene rings is 1. The Kier molecular flexibility index (Phi) is 6.67. The molecule has 1 aromatic carbocycles. The average molecular weight is 460 g/mol. The number of carbonyl (C=O) groups is 1. The van der Waals surface area contributed by atoms with Crippen LogP contribution in [0.1, 0.15) is 52.4 Å². The first-order chi connectivity index (χ1) is 16.5. The zero-order valence-electron chi connectivity index (χ0n) is 20.0. The fourth-order valence-electron chi connectivity index (χ4n) is 5.03. The Bertz CT molecular complexity index is 1150. The standard InChI is InChI=1S/C26H33N7O/c1-17(2)33-11-9-21(10-12-33)28-25-16-27-15-23(29-25)19-7-8-22-20(13-19)14-24(32-31-22)30-26(34)18-5-3-4-6-18/h7-8,13-18,21H,3-6,9-12H2,1-2H3,(H,28,29)(H,30,32,34). The number of aromatic nitrogens is 4. The van der Waals surface area contributed by atoms with E-state index in [1.54, 1.807) is 12.4 Å². The normalized spacial score (nSPS) is 18.0. The number of amides is 1. The minimum Gasteiger partial charge on any atom is -0.366 e.